The van der Waals surface area contributed by atoms with Gasteiger partial charge in [0.15, 0.2) is 6.29 Å². The van der Waals surface area contributed by atoms with E-state index in [9.17, 15) is 40.5 Å². The zero-order valence-corrected chi connectivity index (χ0v) is 61.3. The van der Waals surface area contributed by atoms with Crippen molar-refractivity contribution in [1.82, 2.24) is 5.32 Å². The Labute approximate surface area is 575 Å². The van der Waals surface area contributed by atoms with Gasteiger partial charge in [-0.1, -0.05) is 384 Å². The first kappa shape index (κ1) is 89.3. The summed E-state index contributed by atoms with van der Waals surface area (Å²) in [4.78, 5) is 13.3. The number of unbranched alkanes of at least 4 members (excludes halogenated alkanes) is 55. The minimum absolute atomic E-state index is 0.243. The Morgan fingerprint density at radius 2 is 0.645 bits per heavy atom. The van der Waals surface area contributed by atoms with E-state index in [1.165, 1.54) is 321 Å². The van der Waals surface area contributed by atoms with Crippen LogP contribution in [0, 0.1) is 0 Å². The number of allylic oxidation sites excluding steroid dienone is 6. The molecular formula is C82H157NO10. The molecule has 550 valence electrons. The molecule has 0 aromatic rings. The van der Waals surface area contributed by atoms with Crippen LogP contribution in [0.15, 0.2) is 36.5 Å². The summed E-state index contributed by atoms with van der Waals surface area (Å²) in [7, 11) is 0. The standard InChI is InChI=1S/C82H157NO10/c1-3-5-7-9-11-13-15-17-19-21-23-25-27-29-31-33-35-36-37-38-39-40-42-44-46-48-50-52-54-56-58-60-62-64-66-68-70-75(86)81(91)83-73(72-92-82-80(90)79(89)78(88)76(71-84)93-82)77(87)74(85)69-67-65-63-61-59-57-55-53-51-49-47-45-43-41-34-32-30-28-26-24-22-20-18-16-14-12-10-8-6-4-2/h45,47,53,55,61,63,73-80,82,84-90H,3-44,46,48-52,54,56-60,62,64-72H2,1-2H3,(H,83,91)/b47-45+,55-53+,63-61+. The van der Waals surface area contributed by atoms with E-state index < -0.39 is 74.2 Å². The highest BCUT2D eigenvalue weighted by Crippen LogP contribution is 2.24. The SMILES string of the molecule is CCCCCCCCCCCCCCCCCCC/C=C/CC/C=C/CC/C=C/CCCC(O)C(O)C(COC1OC(CO)C(O)C(O)C1O)NC(=O)C(O)CCCCCCCCCCCCCCCCCCCCCCCCCCCCCCCCCCCCCC. The Bertz CT molecular complexity index is 1610. The van der Waals surface area contributed by atoms with Crippen molar-refractivity contribution in [3.8, 4) is 0 Å². The number of aliphatic hydroxyl groups excluding tert-OH is 7. The van der Waals surface area contributed by atoms with Gasteiger partial charge in [-0.25, -0.2) is 0 Å². The normalized spacial score (nSPS) is 18.4. The molecular weight excluding hydrogens is 1160 g/mol. The molecule has 0 bridgehead atoms. The highest BCUT2D eigenvalue weighted by molar-refractivity contribution is 5.80. The summed E-state index contributed by atoms with van der Waals surface area (Å²) >= 11 is 0. The molecule has 1 rings (SSSR count). The second-order valence-corrected chi connectivity index (χ2v) is 28.8. The number of carbonyl (C=O) groups is 1. The predicted octanol–water partition coefficient (Wildman–Crippen LogP) is 21.3. The number of aliphatic hydroxyl groups is 7. The van der Waals surface area contributed by atoms with Crippen molar-refractivity contribution < 1.29 is 50.0 Å². The molecule has 0 saturated carbocycles. The molecule has 9 atom stereocenters. The zero-order chi connectivity index (χ0) is 67.4. The van der Waals surface area contributed by atoms with Crippen molar-refractivity contribution in [3.63, 3.8) is 0 Å². The van der Waals surface area contributed by atoms with Gasteiger partial charge in [0.1, 0.15) is 36.6 Å². The smallest absolute Gasteiger partial charge is 0.249 e. The van der Waals surface area contributed by atoms with Crippen molar-refractivity contribution in [1.29, 1.82) is 0 Å². The van der Waals surface area contributed by atoms with Crippen LogP contribution < -0.4 is 5.32 Å². The van der Waals surface area contributed by atoms with Crippen LogP contribution in [0.3, 0.4) is 0 Å². The lowest BCUT2D eigenvalue weighted by molar-refractivity contribution is -0.303. The Morgan fingerprint density at radius 3 is 0.957 bits per heavy atom. The van der Waals surface area contributed by atoms with Gasteiger partial charge in [-0.05, 0) is 64.2 Å². The van der Waals surface area contributed by atoms with E-state index in [0.717, 1.165) is 44.9 Å². The van der Waals surface area contributed by atoms with Crippen molar-refractivity contribution in [2.75, 3.05) is 13.2 Å². The van der Waals surface area contributed by atoms with Gasteiger partial charge in [0, 0.05) is 0 Å². The van der Waals surface area contributed by atoms with Crippen LogP contribution in [-0.4, -0.2) is 110 Å². The first-order valence-electron chi connectivity index (χ1n) is 40.9. The van der Waals surface area contributed by atoms with E-state index in [-0.39, 0.29) is 12.8 Å². The summed E-state index contributed by atoms with van der Waals surface area (Å²) in [6.07, 6.45) is 81.4. The molecule has 1 heterocycles. The minimum Gasteiger partial charge on any atom is -0.394 e. The molecule has 0 aromatic heterocycles. The molecule has 1 saturated heterocycles. The molecule has 8 N–H and O–H groups in total. The lowest BCUT2D eigenvalue weighted by Crippen LogP contribution is -2.60. The molecule has 0 aliphatic carbocycles. The first-order chi connectivity index (χ1) is 45.7. The van der Waals surface area contributed by atoms with Gasteiger partial charge in [-0.2, -0.15) is 0 Å². The third-order valence-corrected chi connectivity index (χ3v) is 19.9. The van der Waals surface area contributed by atoms with Crippen LogP contribution >= 0.6 is 0 Å². The summed E-state index contributed by atoms with van der Waals surface area (Å²) in [6, 6.07) is -1.20. The highest BCUT2D eigenvalue weighted by atomic mass is 16.7. The average molecular weight is 1320 g/mol. The topological polar surface area (TPSA) is 189 Å². The van der Waals surface area contributed by atoms with Gasteiger partial charge < -0.3 is 50.5 Å². The fraction of sp³-hybridized carbons (Fsp3) is 0.915. The van der Waals surface area contributed by atoms with Gasteiger partial charge in [-0.3, -0.25) is 4.79 Å². The van der Waals surface area contributed by atoms with E-state index >= 15 is 0 Å². The lowest BCUT2D eigenvalue weighted by Gasteiger charge is -2.40. The zero-order valence-electron chi connectivity index (χ0n) is 61.3. The van der Waals surface area contributed by atoms with Gasteiger partial charge in [0.05, 0.1) is 25.4 Å². The third kappa shape index (κ3) is 56.9. The fourth-order valence-electron chi connectivity index (χ4n) is 13.4. The second-order valence-electron chi connectivity index (χ2n) is 28.8. The largest absolute Gasteiger partial charge is 0.394 e. The van der Waals surface area contributed by atoms with Crippen molar-refractivity contribution in [2.24, 2.45) is 0 Å². The fourth-order valence-corrected chi connectivity index (χ4v) is 13.4. The maximum absolute atomic E-state index is 13.3. The molecule has 11 nitrogen and oxygen atoms in total. The van der Waals surface area contributed by atoms with Crippen molar-refractivity contribution in [3.05, 3.63) is 36.5 Å². The van der Waals surface area contributed by atoms with Gasteiger partial charge in [-0.15, -0.1) is 0 Å². The number of amides is 1. The van der Waals surface area contributed by atoms with E-state index in [1.54, 1.807) is 0 Å². The summed E-state index contributed by atoms with van der Waals surface area (Å²) in [5.41, 5.74) is 0. The molecule has 9 unspecified atom stereocenters. The van der Waals surface area contributed by atoms with E-state index in [4.69, 9.17) is 9.47 Å². The van der Waals surface area contributed by atoms with Gasteiger partial charge >= 0.3 is 0 Å². The molecule has 1 fully saturated rings. The monoisotopic (exact) mass is 1320 g/mol. The number of rotatable bonds is 73. The number of hydrogen-bond donors (Lipinski definition) is 8. The molecule has 93 heavy (non-hydrogen) atoms. The minimum atomic E-state index is -1.67. The third-order valence-electron chi connectivity index (χ3n) is 19.9. The summed E-state index contributed by atoms with van der Waals surface area (Å²) in [5.74, 6) is -0.704. The molecule has 0 spiro atoms. The maximum Gasteiger partial charge on any atom is 0.249 e. The maximum atomic E-state index is 13.3. The predicted molar refractivity (Wildman–Crippen MR) is 395 cm³/mol. The second kappa shape index (κ2) is 70.2. The molecule has 11 heteroatoms. The molecule has 1 amide bonds. The van der Waals surface area contributed by atoms with Gasteiger partial charge in [0.2, 0.25) is 5.91 Å². The molecule has 0 aromatic carbocycles. The lowest BCUT2D eigenvalue weighted by atomic mass is 9.98. The van der Waals surface area contributed by atoms with E-state index in [2.05, 4.69) is 55.6 Å². The Hall–Kier alpha value is -1.67. The molecule has 1 aliphatic heterocycles. The number of ether oxygens (including phenoxy) is 2. The number of hydrogen-bond acceptors (Lipinski definition) is 10. The average Bonchev–Trinajstić information content (AvgIpc) is 1.04. The van der Waals surface area contributed by atoms with E-state index in [0.29, 0.717) is 19.3 Å². The molecule has 1 aliphatic rings. The van der Waals surface area contributed by atoms with Gasteiger partial charge in [0.25, 0.3) is 0 Å². The van der Waals surface area contributed by atoms with Crippen LogP contribution in [0.2, 0.25) is 0 Å². The van der Waals surface area contributed by atoms with Crippen LogP contribution in [0.4, 0.5) is 0 Å². The summed E-state index contributed by atoms with van der Waals surface area (Å²) in [5, 5.41) is 76.7. The van der Waals surface area contributed by atoms with Crippen LogP contribution in [0.25, 0.3) is 0 Å². The highest BCUT2D eigenvalue weighted by Gasteiger charge is 2.44. The van der Waals surface area contributed by atoms with Crippen LogP contribution in [0.5, 0.6) is 0 Å². The summed E-state index contributed by atoms with van der Waals surface area (Å²) in [6.45, 7) is 3.51. The summed E-state index contributed by atoms with van der Waals surface area (Å²) < 4.78 is 11.2. The van der Waals surface area contributed by atoms with Crippen molar-refractivity contribution in [2.45, 2.75) is 467 Å². The number of carbonyl (C=O) groups excluding carboxylic acids is 1. The van der Waals surface area contributed by atoms with Crippen LogP contribution in [0.1, 0.15) is 412 Å². The Kier molecular flexibility index (Phi) is 67.4. The van der Waals surface area contributed by atoms with Crippen LogP contribution in [-0.2, 0) is 14.3 Å². The van der Waals surface area contributed by atoms with E-state index in [1.807, 2.05) is 0 Å². The molecule has 0 radical (unpaired) electrons. The van der Waals surface area contributed by atoms with Crippen molar-refractivity contribution >= 4 is 5.91 Å². The Balaban J connectivity index is 2.14. The Morgan fingerprint density at radius 1 is 0.366 bits per heavy atom. The first-order valence-corrected chi connectivity index (χ1v) is 40.9. The number of nitrogens with one attached hydrogen (secondary N) is 1. The quantitative estimate of drug-likeness (QED) is 0.0215.